The Balaban J connectivity index is 1.90. The van der Waals surface area contributed by atoms with E-state index in [9.17, 15) is 8.76 Å². The lowest BCUT2D eigenvalue weighted by Gasteiger charge is -2.25. The standard InChI is InChI=1S/C24H27N7O4S/c1-15-12-26-23(27-13-15)18(16(2)30-36(32)33)11-21-28-29-24(17-7-6-10-25-14-17)31(21)22-19(34-3)8-5-9-20(22)35-4/h5-10,12-14,16,18,30H,11H2,1-4H3,(H,32,33)/p-1/t16-,18-/m1/s1. The lowest BCUT2D eigenvalue weighted by atomic mass is 9.96. The maximum Gasteiger partial charge on any atom is 0.170 e. The molecule has 0 radical (unpaired) electrons. The van der Waals surface area contributed by atoms with Crippen molar-refractivity contribution in [2.45, 2.75) is 32.2 Å². The van der Waals surface area contributed by atoms with Crippen LogP contribution in [0.4, 0.5) is 0 Å². The third-order valence-electron chi connectivity index (χ3n) is 5.70. The van der Waals surface area contributed by atoms with Crippen LogP contribution in [0.2, 0.25) is 0 Å². The number of benzene rings is 1. The summed E-state index contributed by atoms with van der Waals surface area (Å²) in [5.41, 5.74) is 2.24. The van der Waals surface area contributed by atoms with Gasteiger partial charge in [-0.3, -0.25) is 13.8 Å². The van der Waals surface area contributed by atoms with Gasteiger partial charge in [-0.1, -0.05) is 6.07 Å². The van der Waals surface area contributed by atoms with Gasteiger partial charge >= 0.3 is 0 Å². The third kappa shape index (κ3) is 5.40. The first-order chi connectivity index (χ1) is 17.4. The van der Waals surface area contributed by atoms with E-state index in [1.165, 1.54) is 0 Å². The van der Waals surface area contributed by atoms with Gasteiger partial charge in [0.2, 0.25) is 0 Å². The third-order valence-corrected chi connectivity index (χ3v) is 6.26. The minimum absolute atomic E-state index is 0.267. The van der Waals surface area contributed by atoms with Crippen molar-refractivity contribution in [3.63, 3.8) is 0 Å². The summed E-state index contributed by atoms with van der Waals surface area (Å²) in [5.74, 6) is 2.20. The molecule has 3 atom stereocenters. The summed E-state index contributed by atoms with van der Waals surface area (Å²) in [6.45, 7) is 3.65. The number of hydrogen-bond acceptors (Lipinski definition) is 9. The molecule has 1 aromatic carbocycles. The smallest absolute Gasteiger partial charge is 0.170 e. The van der Waals surface area contributed by atoms with Gasteiger partial charge < -0.3 is 14.0 Å². The van der Waals surface area contributed by atoms with Crippen molar-refractivity contribution < 1.29 is 18.2 Å². The lowest BCUT2D eigenvalue weighted by molar-refractivity contribution is 0.390. The SMILES string of the molecule is COc1cccc(OC)c1-n1c(C[C@@H](c2ncc(C)cn2)[C@@H](C)NS(=O)[O-])nnc1-c1cccnc1. The number of rotatable bonds is 10. The van der Waals surface area contributed by atoms with Crippen molar-refractivity contribution in [2.24, 2.45) is 0 Å². The van der Waals surface area contributed by atoms with Gasteiger partial charge in [0.25, 0.3) is 0 Å². The molecule has 4 rings (SSSR count). The van der Waals surface area contributed by atoms with E-state index in [0.29, 0.717) is 34.7 Å². The fourth-order valence-electron chi connectivity index (χ4n) is 3.93. The van der Waals surface area contributed by atoms with Crippen LogP contribution in [-0.2, 0) is 17.7 Å². The van der Waals surface area contributed by atoms with E-state index in [-0.39, 0.29) is 6.42 Å². The molecule has 0 aliphatic heterocycles. The highest BCUT2D eigenvalue weighted by Gasteiger charge is 2.29. The molecule has 12 heteroatoms. The molecule has 0 saturated carbocycles. The molecule has 0 aliphatic rings. The number of nitrogens with zero attached hydrogens (tertiary/aromatic N) is 6. The highest BCUT2D eigenvalue weighted by atomic mass is 32.2. The van der Waals surface area contributed by atoms with Gasteiger partial charge in [0.15, 0.2) is 5.82 Å². The Morgan fingerprint density at radius 2 is 1.75 bits per heavy atom. The van der Waals surface area contributed by atoms with Gasteiger partial charge in [-0.15, -0.1) is 10.2 Å². The Kier molecular flexibility index (Phi) is 7.98. The van der Waals surface area contributed by atoms with Crippen LogP contribution in [0.5, 0.6) is 11.5 Å². The zero-order valence-corrected chi connectivity index (χ0v) is 21.1. The van der Waals surface area contributed by atoms with Crippen molar-refractivity contribution in [1.29, 1.82) is 0 Å². The Morgan fingerprint density at radius 3 is 2.33 bits per heavy atom. The number of para-hydroxylation sites is 1. The van der Waals surface area contributed by atoms with E-state index >= 15 is 0 Å². The quantitative estimate of drug-likeness (QED) is 0.320. The van der Waals surface area contributed by atoms with Crippen molar-refractivity contribution in [1.82, 2.24) is 34.4 Å². The lowest BCUT2D eigenvalue weighted by Crippen LogP contribution is -2.35. The number of nitrogens with one attached hydrogen (secondary N) is 1. The van der Waals surface area contributed by atoms with Gasteiger partial charge in [0.1, 0.15) is 28.8 Å². The second-order valence-corrected chi connectivity index (χ2v) is 8.80. The summed E-state index contributed by atoms with van der Waals surface area (Å²) in [6, 6.07) is 8.63. The number of aromatic nitrogens is 6. The highest BCUT2D eigenvalue weighted by Crippen LogP contribution is 2.37. The molecule has 11 nitrogen and oxygen atoms in total. The highest BCUT2D eigenvalue weighted by molar-refractivity contribution is 7.77. The molecule has 0 bridgehead atoms. The van der Waals surface area contributed by atoms with Crippen molar-refractivity contribution >= 4 is 11.3 Å². The first-order valence-electron chi connectivity index (χ1n) is 11.1. The van der Waals surface area contributed by atoms with E-state index in [1.807, 2.05) is 41.8 Å². The number of hydrogen-bond donors (Lipinski definition) is 1. The summed E-state index contributed by atoms with van der Waals surface area (Å²) in [5, 5.41) is 8.97. The van der Waals surface area contributed by atoms with Gasteiger partial charge in [0.05, 0.1) is 14.2 Å². The average molecular weight is 509 g/mol. The molecule has 0 amide bonds. The number of methoxy groups -OCH3 is 2. The number of aryl methyl sites for hydroxylation is 1. The molecule has 0 spiro atoms. The Bertz CT molecular complexity index is 1310. The van der Waals surface area contributed by atoms with E-state index in [1.54, 1.807) is 45.9 Å². The van der Waals surface area contributed by atoms with Crippen molar-refractivity contribution in [3.05, 3.63) is 72.3 Å². The maximum absolute atomic E-state index is 11.5. The zero-order chi connectivity index (χ0) is 25.7. The molecule has 1 unspecified atom stereocenters. The molecule has 1 N–H and O–H groups in total. The van der Waals surface area contributed by atoms with Crippen LogP contribution in [0.15, 0.2) is 55.1 Å². The zero-order valence-electron chi connectivity index (χ0n) is 20.3. The van der Waals surface area contributed by atoms with Crippen LogP contribution in [0.25, 0.3) is 17.1 Å². The Hall–Kier alpha value is -3.74. The molecule has 3 aromatic heterocycles. The van der Waals surface area contributed by atoms with Crippen LogP contribution in [0, 0.1) is 6.92 Å². The second-order valence-electron chi connectivity index (χ2n) is 8.10. The normalized spacial score (nSPS) is 13.7. The van der Waals surface area contributed by atoms with E-state index < -0.39 is 23.2 Å². The predicted octanol–water partition coefficient (Wildman–Crippen LogP) is 2.54. The van der Waals surface area contributed by atoms with Crippen LogP contribution in [0.3, 0.4) is 0 Å². The Labute approximate surface area is 211 Å². The molecular formula is C24H26N7O4S-. The average Bonchev–Trinajstić information content (AvgIpc) is 3.30. The topological polar surface area (TPSA) is 140 Å². The summed E-state index contributed by atoms with van der Waals surface area (Å²) in [6.07, 6.45) is 7.03. The fourth-order valence-corrected chi connectivity index (χ4v) is 4.40. The minimum Gasteiger partial charge on any atom is -0.760 e. The van der Waals surface area contributed by atoms with Gasteiger partial charge in [-0.2, -0.15) is 0 Å². The van der Waals surface area contributed by atoms with Gasteiger partial charge in [-0.05, 0) is 43.7 Å². The van der Waals surface area contributed by atoms with Crippen molar-refractivity contribution in [2.75, 3.05) is 14.2 Å². The summed E-state index contributed by atoms with van der Waals surface area (Å²) in [7, 11) is 3.15. The largest absolute Gasteiger partial charge is 0.760 e. The van der Waals surface area contributed by atoms with E-state index in [0.717, 1.165) is 11.1 Å². The molecule has 0 saturated heterocycles. The molecular weight excluding hydrogens is 482 g/mol. The second kappa shape index (κ2) is 11.3. The summed E-state index contributed by atoms with van der Waals surface area (Å²) in [4.78, 5) is 13.2. The maximum atomic E-state index is 11.5. The minimum atomic E-state index is -2.48. The summed E-state index contributed by atoms with van der Waals surface area (Å²) >= 11 is -2.48. The van der Waals surface area contributed by atoms with Gasteiger partial charge in [-0.25, -0.2) is 14.7 Å². The molecule has 36 heavy (non-hydrogen) atoms. The first kappa shape index (κ1) is 25.4. The first-order valence-corrected chi connectivity index (χ1v) is 12.2. The number of ether oxygens (including phenoxy) is 2. The molecule has 4 aromatic rings. The predicted molar refractivity (Wildman–Crippen MR) is 132 cm³/mol. The van der Waals surface area contributed by atoms with Crippen LogP contribution >= 0.6 is 0 Å². The summed E-state index contributed by atoms with van der Waals surface area (Å²) < 4.78 is 38.7. The Morgan fingerprint density at radius 1 is 1.06 bits per heavy atom. The van der Waals surface area contributed by atoms with E-state index in [2.05, 4.69) is 29.9 Å². The van der Waals surface area contributed by atoms with Crippen LogP contribution in [-0.4, -0.2) is 58.7 Å². The van der Waals surface area contributed by atoms with Crippen LogP contribution < -0.4 is 14.2 Å². The monoisotopic (exact) mass is 508 g/mol. The van der Waals surface area contributed by atoms with Crippen molar-refractivity contribution in [3.8, 4) is 28.6 Å². The number of pyridine rings is 1. The molecule has 0 fully saturated rings. The van der Waals surface area contributed by atoms with Crippen LogP contribution in [0.1, 0.15) is 30.1 Å². The molecule has 3 heterocycles. The molecule has 0 aliphatic carbocycles. The molecule has 188 valence electrons. The fraction of sp³-hybridized carbons (Fsp3) is 0.292. The van der Waals surface area contributed by atoms with E-state index in [4.69, 9.17) is 9.47 Å². The van der Waals surface area contributed by atoms with Gasteiger partial charge in [0, 0.05) is 60.0 Å².